The van der Waals surface area contributed by atoms with E-state index in [1.807, 2.05) is 12.1 Å². The maximum absolute atomic E-state index is 14.9. The summed E-state index contributed by atoms with van der Waals surface area (Å²) < 4.78 is 89.4. The second-order valence-electron chi connectivity index (χ2n) is 7.55. The molecule has 0 bridgehead atoms. The van der Waals surface area contributed by atoms with Gasteiger partial charge >= 0.3 is 6.36 Å². The van der Waals surface area contributed by atoms with Crippen LogP contribution in [-0.2, 0) is 13.0 Å². The third-order valence-electron chi connectivity index (χ3n) is 5.05. The lowest BCUT2D eigenvalue weighted by Gasteiger charge is -2.12. The molecule has 0 aliphatic heterocycles. The molecule has 0 aliphatic carbocycles. The molecule has 0 amide bonds. The Bertz CT molecular complexity index is 1290. The molecule has 178 valence electrons. The lowest BCUT2D eigenvalue weighted by Crippen LogP contribution is -2.19. The van der Waals surface area contributed by atoms with Crippen molar-refractivity contribution >= 4 is 21.4 Å². The van der Waals surface area contributed by atoms with Gasteiger partial charge in [0, 0.05) is 10.4 Å². The highest BCUT2D eigenvalue weighted by molar-refractivity contribution is 7.19. The molecule has 0 saturated heterocycles. The van der Waals surface area contributed by atoms with Crippen molar-refractivity contribution in [1.82, 2.24) is 0 Å². The van der Waals surface area contributed by atoms with Crippen LogP contribution < -0.4 is 9.47 Å². The van der Waals surface area contributed by atoms with E-state index in [-0.39, 0.29) is 18.0 Å². The lowest BCUT2D eigenvalue weighted by atomic mass is 10.0. The van der Waals surface area contributed by atoms with Crippen LogP contribution in [0.1, 0.15) is 23.8 Å². The zero-order chi connectivity index (χ0) is 24.5. The largest absolute Gasteiger partial charge is 0.573 e. The summed E-state index contributed by atoms with van der Waals surface area (Å²) in [7, 11) is 0. The van der Waals surface area contributed by atoms with E-state index in [4.69, 9.17) is 4.74 Å². The molecule has 1 heterocycles. The fourth-order valence-corrected chi connectivity index (χ4v) is 4.71. The zero-order valence-electron chi connectivity index (χ0n) is 17.8. The number of aryl methyl sites for hydroxylation is 1. The van der Waals surface area contributed by atoms with Crippen molar-refractivity contribution < 1.29 is 35.8 Å². The Hall–Kier alpha value is -3.20. The third kappa shape index (κ3) is 5.30. The molecule has 34 heavy (non-hydrogen) atoms. The van der Waals surface area contributed by atoms with Gasteiger partial charge in [-0.25, -0.2) is 13.2 Å². The van der Waals surface area contributed by atoms with Crippen LogP contribution in [0.15, 0.2) is 54.6 Å². The molecule has 9 heteroatoms. The van der Waals surface area contributed by atoms with E-state index in [0.29, 0.717) is 21.6 Å². The maximum Gasteiger partial charge on any atom is 0.573 e. The van der Waals surface area contributed by atoms with Crippen molar-refractivity contribution in [3.8, 4) is 22.6 Å². The highest BCUT2D eigenvalue weighted by Crippen LogP contribution is 2.34. The second kappa shape index (κ2) is 9.58. The Balaban J connectivity index is 1.48. The average molecular weight is 496 g/mol. The molecule has 0 fully saturated rings. The first-order valence-electron chi connectivity index (χ1n) is 10.3. The first-order valence-corrected chi connectivity index (χ1v) is 11.1. The van der Waals surface area contributed by atoms with Gasteiger partial charge in [-0.15, -0.1) is 24.5 Å². The van der Waals surface area contributed by atoms with Gasteiger partial charge in [0.15, 0.2) is 11.6 Å². The minimum Gasteiger partial charge on any atom is -0.489 e. The smallest absolute Gasteiger partial charge is 0.489 e. The summed E-state index contributed by atoms with van der Waals surface area (Å²) in [5, 5.41) is 0.852. The van der Waals surface area contributed by atoms with Gasteiger partial charge in [0.2, 0.25) is 5.75 Å². The van der Waals surface area contributed by atoms with E-state index in [1.54, 1.807) is 6.07 Å². The van der Waals surface area contributed by atoms with Gasteiger partial charge in [-0.3, -0.25) is 0 Å². The quantitative estimate of drug-likeness (QED) is 0.239. The monoisotopic (exact) mass is 496 g/mol. The van der Waals surface area contributed by atoms with Crippen molar-refractivity contribution in [3.63, 3.8) is 0 Å². The first kappa shape index (κ1) is 23.9. The lowest BCUT2D eigenvalue weighted by molar-refractivity contribution is -0.276. The summed E-state index contributed by atoms with van der Waals surface area (Å²) in [5.74, 6) is -4.40. The molecule has 1 aromatic heterocycles. The van der Waals surface area contributed by atoms with Crippen molar-refractivity contribution in [1.29, 1.82) is 0 Å². The maximum atomic E-state index is 14.9. The Labute approximate surface area is 195 Å². The van der Waals surface area contributed by atoms with Crippen molar-refractivity contribution in [2.45, 2.75) is 32.7 Å². The molecular weight excluding hydrogens is 478 g/mol. The summed E-state index contributed by atoms with van der Waals surface area (Å²) >= 11 is 1.43. The molecular formula is C25H18F6O2S. The Morgan fingerprint density at radius 1 is 0.853 bits per heavy atom. The van der Waals surface area contributed by atoms with Crippen LogP contribution in [0.2, 0.25) is 0 Å². The van der Waals surface area contributed by atoms with Gasteiger partial charge in [-0.05, 0) is 53.3 Å². The topological polar surface area (TPSA) is 18.5 Å². The molecule has 0 unspecified atom stereocenters. The van der Waals surface area contributed by atoms with E-state index < -0.39 is 23.7 Å². The van der Waals surface area contributed by atoms with E-state index in [2.05, 4.69) is 11.7 Å². The number of halogens is 6. The molecule has 0 spiro atoms. The number of ether oxygens (including phenoxy) is 2. The van der Waals surface area contributed by atoms with Gasteiger partial charge in [0.1, 0.15) is 18.2 Å². The fraction of sp³-hybridized carbons (Fsp3) is 0.200. The fourth-order valence-electron chi connectivity index (χ4n) is 3.49. The van der Waals surface area contributed by atoms with Crippen LogP contribution in [0.3, 0.4) is 0 Å². The highest BCUT2D eigenvalue weighted by atomic mass is 32.1. The third-order valence-corrected chi connectivity index (χ3v) is 6.25. The predicted octanol–water partition coefficient (Wildman–Crippen LogP) is 8.42. The average Bonchev–Trinajstić information content (AvgIpc) is 3.19. The molecule has 4 rings (SSSR count). The predicted molar refractivity (Wildman–Crippen MR) is 119 cm³/mol. The Morgan fingerprint density at radius 2 is 1.53 bits per heavy atom. The van der Waals surface area contributed by atoms with Crippen molar-refractivity contribution in [2.24, 2.45) is 0 Å². The number of fused-ring (bicyclic) bond motifs is 1. The number of alkyl halides is 3. The van der Waals surface area contributed by atoms with Gasteiger partial charge in [-0.1, -0.05) is 37.6 Å². The standard InChI is InChI=1S/C25H18F6O2S/c1-2-3-19-10-15-4-5-16(22(28)24(15)34-19)13-32-18-8-6-14(7-9-18)17-11-20(26)23(21(27)12-17)33-25(29,30)31/h4-12H,2-3,13H2,1H3. The molecule has 0 N–H and O–H groups in total. The number of hydrogen-bond donors (Lipinski definition) is 0. The van der Waals surface area contributed by atoms with Crippen LogP contribution >= 0.6 is 11.3 Å². The Morgan fingerprint density at radius 3 is 2.15 bits per heavy atom. The molecule has 2 nitrogen and oxygen atoms in total. The summed E-state index contributed by atoms with van der Waals surface area (Å²) in [6.45, 7) is 2.05. The van der Waals surface area contributed by atoms with Gasteiger partial charge in [0.05, 0.1) is 4.70 Å². The number of thiophene rings is 1. The first-order chi connectivity index (χ1) is 16.1. The summed E-state index contributed by atoms with van der Waals surface area (Å²) in [6.07, 6.45) is -3.35. The molecule has 0 aliphatic rings. The van der Waals surface area contributed by atoms with Crippen LogP contribution in [-0.4, -0.2) is 6.36 Å². The summed E-state index contributed by atoms with van der Waals surface area (Å²) in [4.78, 5) is 1.12. The van der Waals surface area contributed by atoms with Crippen LogP contribution in [0.4, 0.5) is 26.3 Å². The summed E-state index contributed by atoms with van der Waals surface area (Å²) in [5.41, 5.74) is 0.761. The van der Waals surface area contributed by atoms with E-state index in [0.717, 1.165) is 35.2 Å². The molecule has 4 aromatic rings. The Kier molecular flexibility index (Phi) is 6.74. The van der Waals surface area contributed by atoms with Crippen LogP contribution in [0.5, 0.6) is 11.5 Å². The molecule has 0 saturated carbocycles. The van der Waals surface area contributed by atoms with Gasteiger partial charge in [-0.2, -0.15) is 0 Å². The van der Waals surface area contributed by atoms with E-state index >= 15 is 0 Å². The minimum absolute atomic E-state index is 0.0190. The normalized spacial score (nSPS) is 11.7. The molecule has 0 radical (unpaired) electrons. The van der Waals surface area contributed by atoms with Gasteiger partial charge < -0.3 is 9.47 Å². The van der Waals surface area contributed by atoms with Crippen molar-refractivity contribution in [2.75, 3.05) is 0 Å². The van der Waals surface area contributed by atoms with Crippen LogP contribution in [0.25, 0.3) is 21.2 Å². The van der Waals surface area contributed by atoms with E-state index in [9.17, 15) is 26.3 Å². The highest BCUT2D eigenvalue weighted by Gasteiger charge is 2.34. The second-order valence-corrected chi connectivity index (χ2v) is 8.69. The van der Waals surface area contributed by atoms with Crippen molar-refractivity contribution in [3.05, 3.63) is 82.5 Å². The molecule has 0 atom stereocenters. The van der Waals surface area contributed by atoms with E-state index in [1.165, 1.54) is 35.6 Å². The number of hydrogen-bond acceptors (Lipinski definition) is 3. The van der Waals surface area contributed by atoms with Gasteiger partial charge in [0.25, 0.3) is 0 Å². The zero-order valence-corrected chi connectivity index (χ0v) is 18.6. The molecule has 3 aromatic carbocycles. The minimum atomic E-state index is -5.21. The summed E-state index contributed by atoms with van der Waals surface area (Å²) in [6, 6.07) is 13.0. The SMILES string of the molecule is CCCc1cc2ccc(COc3ccc(-c4cc(F)c(OC(F)(F)F)c(F)c4)cc3)c(F)c2s1. The number of benzene rings is 3. The number of rotatable bonds is 7. The van der Waals surface area contributed by atoms with Crippen LogP contribution in [0, 0.1) is 17.5 Å².